The van der Waals surface area contributed by atoms with Gasteiger partial charge in [0, 0.05) is 12.1 Å². The van der Waals surface area contributed by atoms with Gasteiger partial charge in [0.2, 0.25) is 0 Å². The average molecular weight is 524 g/mol. The molecule has 184 valence electrons. The van der Waals surface area contributed by atoms with Crippen molar-refractivity contribution in [3.05, 3.63) is 57.8 Å². The van der Waals surface area contributed by atoms with Crippen molar-refractivity contribution in [1.29, 1.82) is 0 Å². The Kier molecular flexibility index (Phi) is 13.5. The van der Waals surface area contributed by atoms with Gasteiger partial charge in [-0.05, 0) is 92.1 Å². The molecule has 6 heteroatoms. The molecule has 0 saturated heterocycles. The van der Waals surface area contributed by atoms with Crippen LogP contribution in [0.5, 0.6) is 11.5 Å². The molecule has 0 aliphatic rings. The molecule has 4 nitrogen and oxygen atoms in total. The van der Waals surface area contributed by atoms with Gasteiger partial charge in [0.15, 0.2) is 11.5 Å². The molecule has 0 saturated carbocycles. The summed E-state index contributed by atoms with van der Waals surface area (Å²) in [4.78, 5) is 2.60. The van der Waals surface area contributed by atoms with E-state index in [4.69, 9.17) is 9.47 Å². The third kappa shape index (κ3) is 10.0. The summed E-state index contributed by atoms with van der Waals surface area (Å²) >= 11 is 3.62. The predicted octanol–water partition coefficient (Wildman–Crippen LogP) is 6.95. The lowest BCUT2D eigenvalue weighted by molar-refractivity contribution is 0.260. The maximum absolute atomic E-state index is 13.9. The highest BCUT2D eigenvalue weighted by molar-refractivity contribution is 9.10. The molecular weight excluding hydrogens is 483 g/mol. The molecule has 2 aromatic rings. The van der Waals surface area contributed by atoms with Crippen LogP contribution >= 0.6 is 15.9 Å². The number of hydrogen-bond donors (Lipinski definition) is 1. The van der Waals surface area contributed by atoms with Crippen LogP contribution in [0.4, 0.5) is 4.39 Å². The fourth-order valence-corrected chi connectivity index (χ4v) is 4.25. The van der Waals surface area contributed by atoms with E-state index in [9.17, 15) is 4.39 Å². The summed E-state index contributed by atoms with van der Waals surface area (Å²) in [6.45, 7) is 12.4. The molecule has 0 amide bonds. The molecule has 2 aromatic carbocycles. The number of rotatable bonds is 17. The van der Waals surface area contributed by atoms with Gasteiger partial charge >= 0.3 is 0 Å². The molecule has 2 rings (SSSR count). The van der Waals surface area contributed by atoms with E-state index in [1.807, 2.05) is 25.1 Å². The molecule has 0 heterocycles. The second-order valence-electron chi connectivity index (χ2n) is 8.30. The van der Waals surface area contributed by atoms with E-state index in [1.54, 1.807) is 12.1 Å². The Morgan fingerprint density at radius 1 is 0.939 bits per heavy atom. The summed E-state index contributed by atoms with van der Waals surface area (Å²) in [7, 11) is 0. The van der Waals surface area contributed by atoms with Crippen LogP contribution in [0.3, 0.4) is 0 Å². The maximum Gasteiger partial charge on any atom is 0.175 e. The molecule has 0 fully saturated rings. The highest BCUT2D eigenvalue weighted by Crippen LogP contribution is 2.37. The summed E-state index contributed by atoms with van der Waals surface area (Å²) in [6, 6.07) is 10.7. The van der Waals surface area contributed by atoms with Crippen LogP contribution in [0.1, 0.15) is 64.0 Å². The summed E-state index contributed by atoms with van der Waals surface area (Å²) in [5.74, 6) is 1.01. The Labute approximate surface area is 208 Å². The largest absolute Gasteiger partial charge is 0.490 e. The van der Waals surface area contributed by atoms with Gasteiger partial charge in [-0.1, -0.05) is 44.9 Å². The van der Waals surface area contributed by atoms with Crippen LogP contribution in [-0.2, 0) is 13.2 Å². The first-order valence-corrected chi connectivity index (χ1v) is 13.1. The first-order valence-electron chi connectivity index (χ1n) is 12.3. The van der Waals surface area contributed by atoms with E-state index in [0.29, 0.717) is 23.7 Å². The van der Waals surface area contributed by atoms with Crippen molar-refractivity contribution >= 4 is 15.9 Å². The van der Waals surface area contributed by atoms with Crippen molar-refractivity contribution in [2.45, 2.75) is 66.0 Å². The van der Waals surface area contributed by atoms with Crippen LogP contribution in [-0.4, -0.2) is 37.7 Å². The zero-order chi connectivity index (χ0) is 23.9. The van der Waals surface area contributed by atoms with Gasteiger partial charge in [-0.3, -0.25) is 0 Å². The van der Waals surface area contributed by atoms with Gasteiger partial charge < -0.3 is 19.7 Å². The van der Waals surface area contributed by atoms with Gasteiger partial charge in [0.25, 0.3) is 0 Å². The molecule has 0 atom stereocenters. The Morgan fingerprint density at radius 2 is 1.64 bits per heavy atom. The van der Waals surface area contributed by atoms with Crippen LogP contribution in [0.25, 0.3) is 0 Å². The van der Waals surface area contributed by atoms with E-state index in [1.165, 1.54) is 44.8 Å². The minimum Gasteiger partial charge on any atom is -0.490 e. The predicted molar refractivity (Wildman–Crippen MR) is 139 cm³/mol. The second-order valence-corrected chi connectivity index (χ2v) is 9.15. The SMILES string of the molecule is CCCCN(CCCC)CCCNCc1cc(Br)c(OCc2ccccc2F)c(OCC)c1. The first-order chi connectivity index (χ1) is 16.1. The minimum absolute atomic E-state index is 0.148. The number of benzene rings is 2. The number of unbranched alkanes of at least 4 members (excludes halogenated alkanes) is 2. The lowest BCUT2D eigenvalue weighted by Gasteiger charge is -2.22. The fourth-order valence-electron chi connectivity index (χ4n) is 3.65. The normalized spacial score (nSPS) is 11.2. The van der Waals surface area contributed by atoms with Gasteiger partial charge in [-0.2, -0.15) is 0 Å². The minimum atomic E-state index is -0.268. The van der Waals surface area contributed by atoms with Crippen LogP contribution in [0.2, 0.25) is 0 Å². The summed E-state index contributed by atoms with van der Waals surface area (Å²) in [6.07, 6.45) is 6.18. The van der Waals surface area contributed by atoms with Crippen molar-refractivity contribution in [2.75, 3.05) is 32.8 Å². The van der Waals surface area contributed by atoms with Gasteiger partial charge in [-0.25, -0.2) is 4.39 Å². The zero-order valence-corrected chi connectivity index (χ0v) is 22.1. The summed E-state index contributed by atoms with van der Waals surface area (Å²) in [5, 5.41) is 3.56. The van der Waals surface area contributed by atoms with E-state index < -0.39 is 0 Å². The van der Waals surface area contributed by atoms with Crippen LogP contribution in [0.15, 0.2) is 40.9 Å². The highest BCUT2D eigenvalue weighted by Gasteiger charge is 2.14. The molecule has 33 heavy (non-hydrogen) atoms. The number of hydrogen-bond acceptors (Lipinski definition) is 4. The van der Waals surface area contributed by atoms with Gasteiger partial charge in [0.05, 0.1) is 11.1 Å². The van der Waals surface area contributed by atoms with E-state index in [-0.39, 0.29) is 12.4 Å². The topological polar surface area (TPSA) is 33.7 Å². The average Bonchev–Trinajstić information content (AvgIpc) is 2.80. The lowest BCUT2D eigenvalue weighted by atomic mass is 10.2. The highest BCUT2D eigenvalue weighted by atomic mass is 79.9. The van der Waals surface area contributed by atoms with E-state index >= 15 is 0 Å². The summed E-state index contributed by atoms with van der Waals surface area (Å²) in [5.41, 5.74) is 1.64. The number of halogens is 2. The van der Waals surface area contributed by atoms with Gasteiger partial charge in [-0.15, -0.1) is 0 Å². The molecule has 0 aliphatic carbocycles. The van der Waals surface area contributed by atoms with Crippen molar-refractivity contribution in [3.8, 4) is 11.5 Å². The Hall–Kier alpha value is -1.63. The van der Waals surface area contributed by atoms with Crippen LogP contribution in [0, 0.1) is 5.82 Å². The number of nitrogens with zero attached hydrogens (tertiary/aromatic N) is 1. The summed E-state index contributed by atoms with van der Waals surface area (Å²) < 4.78 is 26.5. The molecule has 0 bridgehead atoms. The third-order valence-corrected chi connectivity index (χ3v) is 6.10. The van der Waals surface area contributed by atoms with E-state index in [2.05, 4.69) is 40.0 Å². The molecule has 0 spiro atoms. The van der Waals surface area contributed by atoms with Crippen LogP contribution < -0.4 is 14.8 Å². The third-order valence-electron chi connectivity index (χ3n) is 5.51. The Bertz CT molecular complexity index is 811. The fraction of sp³-hybridized carbons (Fsp3) is 0.556. The second kappa shape index (κ2) is 16.1. The molecular formula is C27H40BrFN2O2. The number of ether oxygens (including phenoxy) is 2. The standard InChI is InChI=1S/C27H40BrFN2O2/c1-4-7-15-31(16-8-5-2)17-11-14-30-20-22-18-24(28)27(26(19-22)32-6-3)33-21-23-12-9-10-13-25(23)29/h9-10,12-13,18-19,30H,4-8,11,14-17,20-21H2,1-3H3. The molecule has 0 aromatic heterocycles. The molecule has 0 unspecified atom stereocenters. The van der Waals surface area contributed by atoms with Crippen molar-refractivity contribution in [3.63, 3.8) is 0 Å². The monoisotopic (exact) mass is 522 g/mol. The number of nitrogens with one attached hydrogen (secondary N) is 1. The molecule has 0 aliphatic heterocycles. The Balaban J connectivity index is 1.89. The quantitative estimate of drug-likeness (QED) is 0.228. The first kappa shape index (κ1) is 27.6. The smallest absolute Gasteiger partial charge is 0.175 e. The molecule has 0 radical (unpaired) electrons. The zero-order valence-electron chi connectivity index (χ0n) is 20.5. The van der Waals surface area contributed by atoms with Crippen molar-refractivity contribution in [1.82, 2.24) is 10.2 Å². The maximum atomic E-state index is 13.9. The lowest BCUT2D eigenvalue weighted by Crippen LogP contribution is -2.29. The Morgan fingerprint density at radius 3 is 2.30 bits per heavy atom. The van der Waals surface area contributed by atoms with E-state index in [0.717, 1.165) is 36.1 Å². The van der Waals surface area contributed by atoms with Gasteiger partial charge in [0.1, 0.15) is 12.4 Å². The van der Waals surface area contributed by atoms with Crippen molar-refractivity contribution in [2.24, 2.45) is 0 Å². The molecule has 1 N–H and O–H groups in total. The van der Waals surface area contributed by atoms with Crippen molar-refractivity contribution < 1.29 is 13.9 Å².